The van der Waals surface area contributed by atoms with Crippen LogP contribution in [0.5, 0.6) is 11.5 Å². The van der Waals surface area contributed by atoms with Crippen molar-refractivity contribution in [3.63, 3.8) is 0 Å². The van der Waals surface area contributed by atoms with E-state index >= 15 is 0 Å². The monoisotopic (exact) mass is 445 g/mol. The van der Waals surface area contributed by atoms with E-state index in [4.69, 9.17) is 9.47 Å². The minimum absolute atomic E-state index is 0.000697. The summed E-state index contributed by atoms with van der Waals surface area (Å²) in [7, 11) is 1.65. The Hall–Kier alpha value is -3.38. The van der Waals surface area contributed by atoms with Crippen molar-refractivity contribution < 1.29 is 14.3 Å². The van der Waals surface area contributed by atoms with Crippen LogP contribution in [0.4, 0.5) is 0 Å². The summed E-state index contributed by atoms with van der Waals surface area (Å²) in [6.45, 7) is 3.31. The van der Waals surface area contributed by atoms with Gasteiger partial charge >= 0.3 is 0 Å². The lowest BCUT2D eigenvalue weighted by Gasteiger charge is -2.32. The number of pyridine rings is 1. The lowest BCUT2D eigenvalue weighted by Crippen LogP contribution is -2.42. The molecule has 1 amide bonds. The smallest absolute Gasteiger partial charge is 0.224 e. The number of hydrogen-bond acceptors (Lipinski definition) is 5. The molecule has 0 aliphatic carbocycles. The van der Waals surface area contributed by atoms with E-state index in [-0.39, 0.29) is 17.9 Å². The van der Waals surface area contributed by atoms with Crippen LogP contribution in [0.25, 0.3) is 0 Å². The van der Waals surface area contributed by atoms with Gasteiger partial charge in [-0.2, -0.15) is 0 Å². The van der Waals surface area contributed by atoms with Crippen molar-refractivity contribution in [2.75, 3.05) is 33.4 Å². The third-order valence-corrected chi connectivity index (χ3v) is 6.10. The van der Waals surface area contributed by atoms with Crippen LogP contribution in [-0.4, -0.2) is 49.1 Å². The molecule has 172 valence electrons. The lowest BCUT2D eigenvalue weighted by atomic mass is 9.94. The Bertz CT molecular complexity index is 988. The first kappa shape index (κ1) is 22.8. The molecule has 0 unspecified atom stereocenters. The lowest BCUT2D eigenvalue weighted by molar-refractivity contribution is -0.127. The second-order valence-corrected chi connectivity index (χ2v) is 8.25. The first-order chi connectivity index (χ1) is 16.2. The van der Waals surface area contributed by atoms with E-state index in [0.29, 0.717) is 6.61 Å². The van der Waals surface area contributed by atoms with Crippen LogP contribution in [0.3, 0.4) is 0 Å². The molecular formula is C27H31N3O3. The predicted octanol–water partition coefficient (Wildman–Crippen LogP) is 4.09. The SMILES string of the molecule is COc1ccc([C@H](NC(=O)C2CCN(CCOc3ccccc3)CC2)c2ccccn2)cc1. The Morgan fingerprint density at radius 3 is 2.39 bits per heavy atom. The number of likely N-dealkylation sites (tertiary alicyclic amines) is 1. The maximum atomic E-state index is 13.2. The molecule has 0 saturated carbocycles. The highest BCUT2D eigenvalue weighted by molar-refractivity contribution is 5.79. The van der Waals surface area contributed by atoms with Crippen LogP contribution in [0.15, 0.2) is 79.0 Å². The molecule has 1 fully saturated rings. The Morgan fingerprint density at radius 1 is 1.00 bits per heavy atom. The van der Waals surface area contributed by atoms with E-state index in [0.717, 1.165) is 55.2 Å². The molecule has 0 radical (unpaired) electrons. The number of hydrogen-bond donors (Lipinski definition) is 1. The maximum absolute atomic E-state index is 13.2. The third-order valence-electron chi connectivity index (χ3n) is 6.10. The molecule has 0 spiro atoms. The van der Waals surface area contributed by atoms with E-state index in [9.17, 15) is 4.79 Å². The van der Waals surface area contributed by atoms with Crippen LogP contribution in [0, 0.1) is 5.92 Å². The van der Waals surface area contributed by atoms with Crippen molar-refractivity contribution in [1.82, 2.24) is 15.2 Å². The van der Waals surface area contributed by atoms with Crippen molar-refractivity contribution >= 4 is 5.91 Å². The molecule has 4 rings (SSSR count). The Labute approximate surface area is 195 Å². The largest absolute Gasteiger partial charge is 0.497 e. The quantitative estimate of drug-likeness (QED) is 0.538. The Kier molecular flexibility index (Phi) is 7.93. The summed E-state index contributed by atoms with van der Waals surface area (Å²) < 4.78 is 11.1. The Balaban J connectivity index is 1.32. The Morgan fingerprint density at radius 2 is 1.73 bits per heavy atom. The number of methoxy groups -OCH3 is 1. The van der Waals surface area contributed by atoms with E-state index in [1.54, 1.807) is 13.3 Å². The molecule has 6 nitrogen and oxygen atoms in total. The molecule has 0 bridgehead atoms. The fourth-order valence-electron chi connectivity index (χ4n) is 4.16. The summed E-state index contributed by atoms with van der Waals surface area (Å²) >= 11 is 0. The van der Waals surface area contributed by atoms with Crippen molar-refractivity contribution in [1.29, 1.82) is 0 Å². The molecule has 1 aromatic heterocycles. The number of para-hydroxylation sites is 1. The second-order valence-electron chi connectivity index (χ2n) is 8.25. The second kappa shape index (κ2) is 11.5. The van der Waals surface area contributed by atoms with E-state index in [1.807, 2.05) is 72.8 Å². The van der Waals surface area contributed by atoms with Gasteiger partial charge in [-0.1, -0.05) is 36.4 Å². The van der Waals surface area contributed by atoms with Gasteiger partial charge in [0.2, 0.25) is 5.91 Å². The molecule has 1 N–H and O–H groups in total. The molecule has 1 saturated heterocycles. The fourth-order valence-corrected chi connectivity index (χ4v) is 4.16. The van der Waals surface area contributed by atoms with Gasteiger partial charge in [-0.25, -0.2) is 0 Å². The number of piperidine rings is 1. The first-order valence-electron chi connectivity index (χ1n) is 11.5. The summed E-state index contributed by atoms with van der Waals surface area (Å²) in [5.41, 5.74) is 1.81. The molecule has 3 aromatic rings. The summed E-state index contributed by atoms with van der Waals surface area (Å²) in [6.07, 6.45) is 3.44. The zero-order valence-electron chi connectivity index (χ0n) is 19.0. The third kappa shape index (κ3) is 6.33. The summed E-state index contributed by atoms with van der Waals surface area (Å²) in [5.74, 6) is 1.77. The number of rotatable bonds is 9. The molecule has 1 atom stereocenters. The molecule has 2 heterocycles. The number of aromatic nitrogens is 1. The van der Waals surface area contributed by atoms with Gasteiger partial charge in [0.15, 0.2) is 0 Å². The number of ether oxygens (including phenoxy) is 2. The van der Waals surface area contributed by atoms with Crippen molar-refractivity contribution in [3.8, 4) is 11.5 Å². The van der Waals surface area contributed by atoms with E-state index in [2.05, 4.69) is 15.2 Å². The number of nitrogens with zero attached hydrogens (tertiary/aromatic N) is 2. The molecule has 1 aliphatic rings. The van der Waals surface area contributed by atoms with Crippen molar-refractivity contribution in [3.05, 3.63) is 90.3 Å². The minimum Gasteiger partial charge on any atom is -0.497 e. The minimum atomic E-state index is -0.290. The van der Waals surface area contributed by atoms with Gasteiger partial charge in [-0.05, 0) is 67.9 Å². The van der Waals surface area contributed by atoms with E-state index in [1.165, 1.54) is 0 Å². The molecule has 33 heavy (non-hydrogen) atoms. The zero-order valence-corrected chi connectivity index (χ0v) is 19.0. The zero-order chi connectivity index (χ0) is 22.9. The number of carbonyl (C=O) groups is 1. The summed E-state index contributed by atoms with van der Waals surface area (Å²) in [5, 5.41) is 3.25. The predicted molar refractivity (Wildman–Crippen MR) is 128 cm³/mol. The van der Waals surface area contributed by atoms with Gasteiger partial charge in [0.05, 0.1) is 18.8 Å². The van der Waals surface area contributed by atoms with Crippen LogP contribution >= 0.6 is 0 Å². The van der Waals surface area contributed by atoms with Crippen molar-refractivity contribution in [2.24, 2.45) is 5.92 Å². The standard InChI is InChI=1S/C27H31N3O3/c1-32-23-12-10-21(11-13-23)26(25-9-5-6-16-28-25)29-27(31)22-14-17-30(18-15-22)19-20-33-24-7-3-2-4-8-24/h2-13,16,22,26H,14-15,17-20H2,1H3,(H,29,31)/t26-/m0/s1. The van der Waals surface area contributed by atoms with Gasteiger partial charge in [-0.15, -0.1) is 0 Å². The number of carbonyl (C=O) groups excluding carboxylic acids is 1. The molecule has 6 heteroatoms. The normalized spacial score (nSPS) is 15.5. The molecular weight excluding hydrogens is 414 g/mol. The average molecular weight is 446 g/mol. The fraction of sp³-hybridized carbons (Fsp3) is 0.333. The number of benzene rings is 2. The first-order valence-corrected chi connectivity index (χ1v) is 11.5. The maximum Gasteiger partial charge on any atom is 0.224 e. The van der Waals surface area contributed by atoms with Gasteiger partial charge in [-0.3, -0.25) is 14.7 Å². The van der Waals surface area contributed by atoms with Crippen LogP contribution in [0.2, 0.25) is 0 Å². The number of amides is 1. The topological polar surface area (TPSA) is 63.7 Å². The van der Waals surface area contributed by atoms with Gasteiger partial charge in [0, 0.05) is 18.7 Å². The van der Waals surface area contributed by atoms with Crippen LogP contribution < -0.4 is 14.8 Å². The van der Waals surface area contributed by atoms with Crippen LogP contribution in [0.1, 0.15) is 30.1 Å². The van der Waals surface area contributed by atoms with E-state index < -0.39 is 0 Å². The van der Waals surface area contributed by atoms with Gasteiger partial charge in [0.1, 0.15) is 18.1 Å². The molecule has 2 aromatic carbocycles. The molecule has 1 aliphatic heterocycles. The van der Waals surface area contributed by atoms with Crippen molar-refractivity contribution in [2.45, 2.75) is 18.9 Å². The highest BCUT2D eigenvalue weighted by Gasteiger charge is 2.27. The van der Waals surface area contributed by atoms with Gasteiger partial charge < -0.3 is 14.8 Å². The summed E-state index contributed by atoms with van der Waals surface area (Å²) in [6, 6.07) is 23.1. The highest BCUT2D eigenvalue weighted by Crippen LogP contribution is 2.25. The highest BCUT2D eigenvalue weighted by atomic mass is 16.5. The summed E-state index contributed by atoms with van der Waals surface area (Å²) in [4.78, 5) is 20.0. The van der Waals surface area contributed by atoms with Crippen LogP contribution in [-0.2, 0) is 4.79 Å². The van der Waals surface area contributed by atoms with Gasteiger partial charge in [0.25, 0.3) is 0 Å². The average Bonchev–Trinajstić information content (AvgIpc) is 2.89. The number of nitrogens with one attached hydrogen (secondary N) is 1.